The maximum Gasteiger partial charge on any atom is 0.161 e. The number of aliphatic hydroxyl groups excluding tert-OH is 1. The van der Waals surface area contributed by atoms with Crippen LogP contribution in [0.5, 0.6) is 11.5 Å². The number of rotatable bonds is 11. The van der Waals surface area contributed by atoms with Crippen LogP contribution in [0.2, 0.25) is 0 Å². The highest BCUT2D eigenvalue weighted by Gasteiger charge is 2.15. The number of terminal acetylenes is 1. The Morgan fingerprint density at radius 1 is 1.04 bits per heavy atom. The summed E-state index contributed by atoms with van der Waals surface area (Å²) in [6.45, 7) is 1.78. The lowest BCUT2D eigenvalue weighted by molar-refractivity contribution is 0.0243. The third-order valence-corrected chi connectivity index (χ3v) is 4.14. The highest BCUT2D eigenvalue weighted by molar-refractivity contribution is 5.42. The minimum Gasteiger partial charge on any atom is -0.493 e. The molecule has 150 valence electrons. The fourth-order valence-corrected chi connectivity index (χ4v) is 2.87. The molecule has 0 aliphatic carbocycles. The molecule has 0 fully saturated rings. The van der Waals surface area contributed by atoms with Gasteiger partial charge in [0.25, 0.3) is 0 Å². The number of nitrogens with zero attached hydrogens (tertiary/aromatic N) is 1. The van der Waals surface area contributed by atoms with Gasteiger partial charge in [-0.25, -0.2) is 4.39 Å². The molecule has 5 nitrogen and oxygen atoms in total. The van der Waals surface area contributed by atoms with Crippen LogP contribution < -0.4 is 9.47 Å². The molecule has 1 atom stereocenters. The normalized spacial score (nSPS) is 11.9. The molecule has 0 heterocycles. The van der Waals surface area contributed by atoms with E-state index in [0.717, 1.165) is 11.1 Å². The fourth-order valence-electron chi connectivity index (χ4n) is 2.87. The molecule has 2 aromatic carbocycles. The van der Waals surface area contributed by atoms with Gasteiger partial charge in [0.05, 0.1) is 26.9 Å². The topological polar surface area (TPSA) is 51.2 Å². The average Bonchev–Trinajstić information content (AvgIpc) is 2.69. The van der Waals surface area contributed by atoms with Crippen molar-refractivity contribution in [2.24, 2.45) is 0 Å². The van der Waals surface area contributed by atoms with E-state index in [1.165, 1.54) is 12.1 Å². The van der Waals surface area contributed by atoms with Gasteiger partial charge in [0.1, 0.15) is 12.4 Å². The van der Waals surface area contributed by atoms with Crippen molar-refractivity contribution < 1.29 is 23.7 Å². The van der Waals surface area contributed by atoms with Crippen molar-refractivity contribution in [3.8, 4) is 23.8 Å². The van der Waals surface area contributed by atoms with E-state index in [9.17, 15) is 9.50 Å². The predicted molar refractivity (Wildman–Crippen MR) is 106 cm³/mol. The van der Waals surface area contributed by atoms with Gasteiger partial charge < -0.3 is 19.3 Å². The Balaban J connectivity index is 2.12. The summed E-state index contributed by atoms with van der Waals surface area (Å²) >= 11 is 0. The molecule has 0 amide bonds. The summed E-state index contributed by atoms with van der Waals surface area (Å²) in [5.74, 6) is 3.39. The summed E-state index contributed by atoms with van der Waals surface area (Å²) in [7, 11) is 3.18. The Bertz CT molecular complexity index is 773. The Morgan fingerprint density at radius 3 is 2.32 bits per heavy atom. The monoisotopic (exact) mass is 387 g/mol. The van der Waals surface area contributed by atoms with Gasteiger partial charge in [0.15, 0.2) is 11.5 Å². The predicted octanol–water partition coefficient (Wildman–Crippen LogP) is 2.86. The third kappa shape index (κ3) is 6.86. The minimum absolute atomic E-state index is 0.149. The van der Waals surface area contributed by atoms with Crippen LogP contribution >= 0.6 is 0 Å². The van der Waals surface area contributed by atoms with Gasteiger partial charge in [0, 0.05) is 19.6 Å². The number of benzene rings is 2. The summed E-state index contributed by atoms with van der Waals surface area (Å²) in [5, 5.41) is 10.3. The zero-order chi connectivity index (χ0) is 20.4. The molecule has 2 rings (SSSR count). The SMILES string of the molecule is C#CCOC[C@@H](O)CN(Cc1ccc(F)cc1)Cc1ccc(OC)c(OC)c1. The van der Waals surface area contributed by atoms with Crippen LogP contribution in [-0.2, 0) is 17.8 Å². The Hall–Kier alpha value is -2.59. The van der Waals surface area contributed by atoms with Gasteiger partial charge >= 0.3 is 0 Å². The summed E-state index contributed by atoms with van der Waals surface area (Å²) in [4.78, 5) is 2.05. The lowest BCUT2D eigenvalue weighted by Crippen LogP contribution is -2.34. The molecule has 0 bridgehead atoms. The molecule has 0 unspecified atom stereocenters. The van der Waals surface area contributed by atoms with Gasteiger partial charge in [-0.3, -0.25) is 4.90 Å². The molecule has 0 radical (unpaired) electrons. The second-order valence-corrected chi connectivity index (χ2v) is 6.36. The quantitative estimate of drug-likeness (QED) is 0.475. The second kappa shape index (κ2) is 11.3. The molecule has 0 aliphatic heterocycles. The molecule has 0 saturated carbocycles. The van der Waals surface area contributed by atoms with E-state index in [-0.39, 0.29) is 19.0 Å². The Labute approximate surface area is 165 Å². The van der Waals surface area contributed by atoms with Crippen LogP contribution in [0.3, 0.4) is 0 Å². The first-order chi connectivity index (χ1) is 13.5. The van der Waals surface area contributed by atoms with Crippen molar-refractivity contribution in [3.63, 3.8) is 0 Å². The number of methoxy groups -OCH3 is 2. The first kappa shape index (κ1) is 21.7. The van der Waals surface area contributed by atoms with Crippen LogP contribution in [-0.4, -0.2) is 50.1 Å². The lowest BCUT2D eigenvalue weighted by Gasteiger charge is -2.25. The van der Waals surface area contributed by atoms with E-state index in [4.69, 9.17) is 20.6 Å². The zero-order valence-electron chi connectivity index (χ0n) is 16.2. The van der Waals surface area contributed by atoms with Crippen LogP contribution in [0.1, 0.15) is 11.1 Å². The number of ether oxygens (including phenoxy) is 3. The summed E-state index contributed by atoms with van der Waals surface area (Å²) in [6, 6.07) is 12.0. The molecular weight excluding hydrogens is 361 g/mol. The Morgan fingerprint density at radius 2 is 1.68 bits per heavy atom. The highest BCUT2D eigenvalue weighted by atomic mass is 19.1. The van der Waals surface area contributed by atoms with E-state index < -0.39 is 6.10 Å². The maximum atomic E-state index is 13.2. The van der Waals surface area contributed by atoms with Crippen LogP contribution in [0.4, 0.5) is 4.39 Å². The van der Waals surface area contributed by atoms with Crippen molar-refractivity contribution >= 4 is 0 Å². The van der Waals surface area contributed by atoms with E-state index in [1.54, 1.807) is 26.4 Å². The third-order valence-electron chi connectivity index (χ3n) is 4.14. The van der Waals surface area contributed by atoms with Crippen molar-refractivity contribution in [2.75, 3.05) is 34.0 Å². The van der Waals surface area contributed by atoms with Crippen LogP contribution in [0, 0.1) is 18.2 Å². The van der Waals surface area contributed by atoms with Crippen LogP contribution in [0.25, 0.3) is 0 Å². The molecular formula is C22H26FNO4. The van der Waals surface area contributed by atoms with E-state index in [2.05, 4.69) is 10.8 Å². The maximum absolute atomic E-state index is 13.2. The van der Waals surface area contributed by atoms with Crippen LogP contribution in [0.15, 0.2) is 42.5 Å². The molecule has 6 heteroatoms. The number of aliphatic hydroxyl groups is 1. The van der Waals surface area contributed by atoms with Gasteiger partial charge in [-0.1, -0.05) is 24.1 Å². The second-order valence-electron chi connectivity index (χ2n) is 6.36. The molecule has 0 saturated heterocycles. The first-order valence-corrected chi connectivity index (χ1v) is 8.92. The minimum atomic E-state index is -0.700. The molecule has 1 N–H and O–H groups in total. The molecule has 28 heavy (non-hydrogen) atoms. The van der Waals surface area contributed by atoms with E-state index in [1.807, 2.05) is 18.2 Å². The highest BCUT2D eigenvalue weighted by Crippen LogP contribution is 2.28. The molecule has 2 aromatic rings. The summed E-state index contributed by atoms with van der Waals surface area (Å²) in [5.41, 5.74) is 1.94. The fraction of sp³-hybridized carbons (Fsp3) is 0.364. The summed E-state index contributed by atoms with van der Waals surface area (Å²) < 4.78 is 29.1. The average molecular weight is 387 g/mol. The van der Waals surface area contributed by atoms with Crippen molar-refractivity contribution in [2.45, 2.75) is 19.2 Å². The van der Waals surface area contributed by atoms with Gasteiger partial charge in [-0.15, -0.1) is 6.42 Å². The Kier molecular flexibility index (Phi) is 8.76. The van der Waals surface area contributed by atoms with Crippen molar-refractivity contribution in [1.29, 1.82) is 0 Å². The summed E-state index contributed by atoms with van der Waals surface area (Å²) in [6.07, 6.45) is 4.46. The van der Waals surface area contributed by atoms with Gasteiger partial charge in [-0.2, -0.15) is 0 Å². The van der Waals surface area contributed by atoms with Crippen molar-refractivity contribution in [3.05, 3.63) is 59.4 Å². The van der Waals surface area contributed by atoms with Crippen molar-refractivity contribution in [1.82, 2.24) is 4.90 Å². The molecule has 0 aliphatic rings. The zero-order valence-corrected chi connectivity index (χ0v) is 16.2. The van der Waals surface area contributed by atoms with Gasteiger partial charge in [-0.05, 0) is 35.4 Å². The number of hydrogen-bond donors (Lipinski definition) is 1. The largest absolute Gasteiger partial charge is 0.493 e. The van der Waals surface area contributed by atoms with E-state index >= 15 is 0 Å². The van der Waals surface area contributed by atoms with Gasteiger partial charge in [0.2, 0.25) is 0 Å². The molecule has 0 spiro atoms. The smallest absolute Gasteiger partial charge is 0.161 e. The standard InChI is InChI=1S/C22H26FNO4/c1-4-11-28-16-20(25)15-24(13-17-5-8-19(23)9-6-17)14-18-7-10-21(26-2)22(12-18)27-3/h1,5-10,12,20,25H,11,13-16H2,2-3H3/t20-/m0/s1. The number of hydrogen-bond acceptors (Lipinski definition) is 5. The molecule has 0 aromatic heterocycles. The first-order valence-electron chi connectivity index (χ1n) is 8.92. The lowest BCUT2D eigenvalue weighted by atomic mass is 10.1. The van der Waals surface area contributed by atoms with E-state index in [0.29, 0.717) is 31.1 Å². The number of halogens is 1.